The predicted molar refractivity (Wildman–Crippen MR) is 75.4 cm³/mol. The predicted octanol–water partition coefficient (Wildman–Crippen LogP) is 2.00. The van der Waals surface area contributed by atoms with Crippen LogP contribution in [-0.2, 0) is 14.3 Å². The van der Waals surface area contributed by atoms with E-state index in [0.29, 0.717) is 13.0 Å². The Bertz CT molecular complexity index is 492. The number of esters is 1. The molecule has 1 atom stereocenters. The average molecular weight is 297 g/mol. The van der Waals surface area contributed by atoms with Crippen molar-refractivity contribution >= 4 is 11.9 Å². The largest absolute Gasteiger partial charge is 0.478 e. The number of carbonyl (C=O) groups excluding carboxylic acids is 2. The Morgan fingerprint density at radius 2 is 2.00 bits per heavy atom. The summed E-state index contributed by atoms with van der Waals surface area (Å²) >= 11 is 0. The van der Waals surface area contributed by atoms with Gasteiger partial charge in [0.15, 0.2) is 17.7 Å². The summed E-state index contributed by atoms with van der Waals surface area (Å²) in [5.41, 5.74) is 0. The number of rotatable bonds is 7. The number of hydrogen-bond acceptors (Lipinski definition) is 4. The maximum atomic E-state index is 13.5. The second-order valence-electron chi connectivity index (χ2n) is 4.53. The lowest BCUT2D eigenvalue weighted by atomic mass is 10.3. The van der Waals surface area contributed by atoms with Crippen molar-refractivity contribution in [3.63, 3.8) is 0 Å². The second-order valence-corrected chi connectivity index (χ2v) is 4.53. The molecule has 0 N–H and O–H groups in total. The van der Waals surface area contributed by atoms with Gasteiger partial charge in [0, 0.05) is 6.54 Å². The van der Waals surface area contributed by atoms with Crippen molar-refractivity contribution in [3.05, 3.63) is 30.1 Å². The van der Waals surface area contributed by atoms with Crippen LogP contribution in [0.3, 0.4) is 0 Å². The Balaban J connectivity index is 2.73. The van der Waals surface area contributed by atoms with E-state index in [1.807, 2.05) is 6.92 Å². The lowest BCUT2D eigenvalue weighted by molar-refractivity contribution is -0.149. The molecule has 1 aromatic carbocycles. The van der Waals surface area contributed by atoms with Crippen LogP contribution in [0.25, 0.3) is 0 Å². The van der Waals surface area contributed by atoms with Crippen LogP contribution < -0.4 is 4.74 Å². The van der Waals surface area contributed by atoms with E-state index in [2.05, 4.69) is 4.74 Å². The van der Waals surface area contributed by atoms with Crippen LogP contribution in [0.2, 0.25) is 0 Å². The van der Waals surface area contributed by atoms with Crippen LogP contribution in [0.15, 0.2) is 24.3 Å². The first-order valence-corrected chi connectivity index (χ1v) is 6.76. The fraction of sp³-hybridized carbons (Fsp3) is 0.467. The van der Waals surface area contributed by atoms with Crippen molar-refractivity contribution in [2.45, 2.75) is 26.4 Å². The van der Waals surface area contributed by atoms with Crippen LogP contribution in [-0.4, -0.2) is 43.1 Å². The van der Waals surface area contributed by atoms with Crippen molar-refractivity contribution in [2.75, 3.05) is 20.2 Å². The van der Waals surface area contributed by atoms with E-state index in [4.69, 9.17) is 4.74 Å². The number of carbonyl (C=O) groups is 2. The lowest BCUT2D eigenvalue weighted by Gasteiger charge is -2.24. The van der Waals surface area contributed by atoms with Gasteiger partial charge in [0.25, 0.3) is 5.91 Å². The number of methoxy groups -OCH3 is 1. The molecule has 0 spiro atoms. The minimum Gasteiger partial charge on any atom is -0.478 e. The first kappa shape index (κ1) is 16.9. The summed E-state index contributed by atoms with van der Waals surface area (Å²) in [7, 11) is 1.26. The number of ether oxygens (including phenoxy) is 2. The van der Waals surface area contributed by atoms with Crippen LogP contribution in [0.4, 0.5) is 4.39 Å². The molecule has 0 saturated carbocycles. The quantitative estimate of drug-likeness (QED) is 0.722. The van der Waals surface area contributed by atoms with E-state index >= 15 is 0 Å². The summed E-state index contributed by atoms with van der Waals surface area (Å²) in [4.78, 5) is 24.9. The third-order valence-electron chi connectivity index (χ3n) is 2.84. The summed E-state index contributed by atoms with van der Waals surface area (Å²) < 4.78 is 23.4. The Morgan fingerprint density at radius 3 is 2.57 bits per heavy atom. The molecule has 116 valence electrons. The standard InChI is InChI=1S/C15H20FNO4/c1-4-9-17(10-14(18)20-3)15(19)11(2)21-13-8-6-5-7-12(13)16/h5-8,11H,4,9-10H2,1-3H3. The Morgan fingerprint density at radius 1 is 1.33 bits per heavy atom. The van der Waals surface area contributed by atoms with Crippen molar-refractivity contribution in [1.29, 1.82) is 0 Å². The molecule has 21 heavy (non-hydrogen) atoms. The van der Waals surface area contributed by atoms with Gasteiger partial charge in [0.2, 0.25) is 0 Å². The zero-order valence-corrected chi connectivity index (χ0v) is 12.5. The van der Waals surface area contributed by atoms with Crippen LogP contribution in [0.5, 0.6) is 5.75 Å². The molecule has 0 aliphatic rings. The number of hydrogen-bond donors (Lipinski definition) is 0. The van der Waals surface area contributed by atoms with Gasteiger partial charge in [-0.3, -0.25) is 9.59 Å². The summed E-state index contributed by atoms with van der Waals surface area (Å²) in [6.07, 6.45) is -0.201. The van der Waals surface area contributed by atoms with Crippen molar-refractivity contribution in [2.24, 2.45) is 0 Å². The second kappa shape index (κ2) is 8.24. The van der Waals surface area contributed by atoms with Crippen molar-refractivity contribution < 1.29 is 23.5 Å². The van der Waals surface area contributed by atoms with Gasteiger partial charge < -0.3 is 14.4 Å². The fourth-order valence-electron chi connectivity index (χ4n) is 1.80. The van der Waals surface area contributed by atoms with Crippen molar-refractivity contribution in [1.82, 2.24) is 4.90 Å². The maximum Gasteiger partial charge on any atom is 0.325 e. The molecule has 1 aromatic rings. The number of halogens is 1. The number of benzene rings is 1. The average Bonchev–Trinajstić information content (AvgIpc) is 2.48. The highest BCUT2D eigenvalue weighted by Gasteiger charge is 2.24. The number of para-hydroxylation sites is 1. The van der Waals surface area contributed by atoms with Crippen LogP contribution in [0.1, 0.15) is 20.3 Å². The molecule has 0 bridgehead atoms. The van der Waals surface area contributed by atoms with Gasteiger partial charge in [0.1, 0.15) is 6.54 Å². The molecule has 1 unspecified atom stereocenters. The molecule has 6 heteroatoms. The molecule has 0 saturated heterocycles. The molecule has 0 aliphatic carbocycles. The van der Waals surface area contributed by atoms with Crippen molar-refractivity contribution in [3.8, 4) is 5.75 Å². The Labute approximate surface area is 123 Å². The summed E-state index contributed by atoms with van der Waals surface area (Å²) in [6.45, 7) is 3.67. The minimum absolute atomic E-state index is 0.00728. The number of nitrogens with zero attached hydrogens (tertiary/aromatic N) is 1. The van der Waals surface area contributed by atoms with Crippen LogP contribution in [0, 0.1) is 5.82 Å². The fourth-order valence-corrected chi connectivity index (χ4v) is 1.80. The van der Waals surface area contributed by atoms with Gasteiger partial charge >= 0.3 is 5.97 Å². The zero-order valence-electron chi connectivity index (χ0n) is 12.5. The molecular weight excluding hydrogens is 277 g/mol. The van der Waals surface area contributed by atoms with E-state index in [-0.39, 0.29) is 18.2 Å². The summed E-state index contributed by atoms with van der Waals surface area (Å²) in [6, 6.07) is 5.86. The zero-order chi connectivity index (χ0) is 15.8. The van der Waals surface area contributed by atoms with E-state index in [0.717, 1.165) is 0 Å². The first-order valence-electron chi connectivity index (χ1n) is 6.76. The molecular formula is C15H20FNO4. The molecule has 1 rings (SSSR count). The molecule has 0 fully saturated rings. The topological polar surface area (TPSA) is 55.8 Å². The molecule has 0 aromatic heterocycles. The monoisotopic (exact) mass is 297 g/mol. The number of amides is 1. The third kappa shape index (κ3) is 5.06. The lowest BCUT2D eigenvalue weighted by Crippen LogP contribution is -2.43. The highest BCUT2D eigenvalue weighted by Crippen LogP contribution is 2.17. The van der Waals surface area contributed by atoms with Crippen LogP contribution >= 0.6 is 0 Å². The molecule has 0 heterocycles. The normalized spacial score (nSPS) is 11.6. The van der Waals surface area contributed by atoms with Gasteiger partial charge in [0.05, 0.1) is 7.11 Å². The highest BCUT2D eigenvalue weighted by atomic mass is 19.1. The van der Waals surface area contributed by atoms with E-state index in [9.17, 15) is 14.0 Å². The van der Waals surface area contributed by atoms with E-state index < -0.39 is 17.9 Å². The van der Waals surface area contributed by atoms with Gasteiger partial charge in [-0.25, -0.2) is 4.39 Å². The smallest absolute Gasteiger partial charge is 0.325 e. The molecule has 5 nitrogen and oxygen atoms in total. The minimum atomic E-state index is -0.891. The third-order valence-corrected chi connectivity index (χ3v) is 2.84. The van der Waals surface area contributed by atoms with Gasteiger partial charge in [-0.2, -0.15) is 0 Å². The SMILES string of the molecule is CCCN(CC(=O)OC)C(=O)C(C)Oc1ccccc1F. The van der Waals surface area contributed by atoms with E-state index in [1.165, 1.54) is 37.1 Å². The first-order chi connectivity index (χ1) is 9.99. The Kier molecular flexibility index (Phi) is 6.65. The summed E-state index contributed by atoms with van der Waals surface area (Å²) in [5, 5.41) is 0. The summed E-state index contributed by atoms with van der Waals surface area (Å²) in [5.74, 6) is -1.42. The molecule has 0 aliphatic heterocycles. The molecule has 1 amide bonds. The highest BCUT2D eigenvalue weighted by molar-refractivity contribution is 5.85. The Hall–Kier alpha value is -2.11. The van der Waals surface area contributed by atoms with Gasteiger partial charge in [-0.05, 0) is 25.5 Å². The van der Waals surface area contributed by atoms with Gasteiger partial charge in [-0.1, -0.05) is 19.1 Å². The van der Waals surface area contributed by atoms with Gasteiger partial charge in [-0.15, -0.1) is 0 Å². The molecule has 0 radical (unpaired) electrons. The van der Waals surface area contributed by atoms with E-state index in [1.54, 1.807) is 6.07 Å². The maximum absolute atomic E-state index is 13.5.